The number of ether oxygens (including phenoxy) is 1. The molecule has 168 valence electrons. The van der Waals surface area contributed by atoms with Gasteiger partial charge >= 0.3 is 0 Å². The average molecular weight is 438 g/mol. The number of nitro benzene ring substituents is 1. The van der Waals surface area contributed by atoms with Gasteiger partial charge in [0, 0.05) is 43.0 Å². The Bertz CT molecular complexity index is 1100. The molecule has 0 radical (unpaired) electrons. The van der Waals surface area contributed by atoms with Crippen LogP contribution in [0.1, 0.15) is 35.9 Å². The Morgan fingerprint density at radius 2 is 1.94 bits per heavy atom. The number of unbranched alkanes of at least 4 members (excludes halogenated alkanes) is 1. The summed E-state index contributed by atoms with van der Waals surface area (Å²) in [7, 11) is 0. The lowest BCUT2D eigenvalue weighted by molar-refractivity contribution is -0.384. The molecule has 0 spiro atoms. The lowest BCUT2D eigenvalue weighted by Crippen LogP contribution is -2.36. The highest BCUT2D eigenvalue weighted by Crippen LogP contribution is 2.23. The van der Waals surface area contributed by atoms with Crippen molar-refractivity contribution in [1.29, 1.82) is 0 Å². The highest BCUT2D eigenvalue weighted by molar-refractivity contribution is 6.05. The predicted octanol–water partition coefficient (Wildman–Crippen LogP) is 3.83. The second kappa shape index (κ2) is 9.88. The highest BCUT2D eigenvalue weighted by Gasteiger charge is 2.17. The predicted molar refractivity (Wildman–Crippen MR) is 122 cm³/mol. The minimum absolute atomic E-state index is 0.0478. The van der Waals surface area contributed by atoms with Crippen LogP contribution in [0, 0.1) is 10.1 Å². The number of fused-ring (bicyclic) bond motifs is 1. The largest absolute Gasteiger partial charge is 0.379 e. The molecule has 2 heterocycles. The fourth-order valence-electron chi connectivity index (χ4n) is 3.84. The third-order valence-corrected chi connectivity index (χ3v) is 5.63. The van der Waals surface area contributed by atoms with E-state index in [1.54, 1.807) is 0 Å². The topological polar surface area (TPSA) is 103 Å². The summed E-state index contributed by atoms with van der Waals surface area (Å²) in [5.74, 6) is 0.701. The quantitative estimate of drug-likeness (QED) is 0.424. The summed E-state index contributed by atoms with van der Waals surface area (Å²) in [4.78, 5) is 30.1. The van der Waals surface area contributed by atoms with Crippen molar-refractivity contribution in [1.82, 2.24) is 14.5 Å². The van der Waals surface area contributed by atoms with Gasteiger partial charge in [-0.25, -0.2) is 4.98 Å². The summed E-state index contributed by atoms with van der Waals surface area (Å²) in [5, 5.41) is 13.7. The number of benzene rings is 2. The van der Waals surface area contributed by atoms with Crippen molar-refractivity contribution in [2.45, 2.75) is 32.9 Å². The lowest BCUT2D eigenvalue weighted by Gasteiger charge is -2.26. The lowest BCUT2D eigenvalue weighted by atomic mass is 10.2. The summed E-state index contributed by atoms with van der Waals surface area (Å²) in [5.41, 5.74) is 2.84. The first-order valence-electron chi connectivity index (χ1n) is 10.9. The molecule has 0 atom stereocenters. The number of nitro groups is 1. The smallest absolute Gasteiger partial charge is 0.269 e. The third kappa shape index (κ3) is 4.95. The van der Waals surface area contributed by atoms with E-state index >= 15 is 0 Å². The van der Waals surface area contributed by atoms with Crippen molar-refractivity contribution in [3.05, 3.63) is 64.0 Å². The number of non-ortho nitro benzene ring substituents is 1. The van der Waals surface area contributed by atoms with E-state index in [0.29, 0.717) is 11.3 Å². The third-order valence-electron chi connectivity index (χ3n) is 5.63. The van der Waals surface area contributed by atoms with Crippen LogP contribution in [-0.4, -0.2) is 51.6 Å². The van der Waals surface area contributed by atoms with E-state index in [1.807, 2.05) is 18.2 Å². The molecule has 1 aliphatic heterocycles. The summed E-state index contributed by atoms with van der Waals surface area (Å²) >= 11 is 0. The van der Waals surface area contributed by atoms with Gasteiger partial charge in [0.05, 0.1) is 35.7 Å². The van der Waals surface area contributed by atoms with Gasteiger partial charge in [-0.1, -0.05) is 13.3 Å². The van der Waals surface area contributed by atoms with E-state index in [-0.39, 0.29) is 11.6 Å². The number of carbonyl (C=O) groups is 1. The van der Waals surface area contributed by atoms with Crippen LogP contribution in [0.25, 0.3) is 11.0 Å². The van der Waals surface area contributed by atoms with Crippen LogP contribution in [-0.2, 0) is 17.8 Å². The number of rotatable bonds is 8. The molecule has 4 rings (SSSR count). The Balaban J connectivity index is 1.55. The normalized spacial score (nSPS) is 14.5. The van der Waals surface area contributed by atoms with Gasteiger partial charge < -0.3 is 14.6 Å². The monoisotopic (exact) mass is 437 g/mol. The number of hydrogen-bond acceptors (Lipinski definition) is 6. The Hall–Kier alpha value is -3.30. The van der Waals surface area contributed by atoms with Crippen molar-refractivity contribution >= 4 is 28.3 Å². The van der Waals surface area contributed by atoms with E-state index in [9.17, 15) is 14.9 Å². The summed E-state index contributed by atoms with van der Waals surface area (Å²) in [6.45, 7) is 7.13. The van der Waals surface area contributed by atoms with Gasteiger partial charge in [0.2, 0.25) is 0 Å². The molecule has 0 saturated carbocycles. The number of aromatic nitrogens is 2. The molecule has 0 bridgehead atoms. The van der Waals surface area contributed by atoms with Gasteiger partial charge in [0.15, 0.2) is 0 Å². The molecule has 1 amide bonds. The van der Waals surface area contributed by atoms with Gasteiger partial charge in [-0.15, -0.1) is 0 Å². The zero-order chi connectivity index (χ0) is 22.5. The molecule has 1 aliphatic rings. The van der Waals surface area contributed by atoms with Crippen LogP contribution in [0.15, 0.2) is 42.5 Å². The number of anilines is 1. The molecular formula is C23H27N5O4. The molecule has 9 nitrogen and oxygen atoms in total. The van der Waals surface area contributed by atoms with Crippen LogP contribution < -0.4 is 5.32 Å². The van der Waals surface area contributed by atoms with E-state index in [4.69, 9.17) is 9.72 Å². The molecule has 1 fully saturated rings. The zero-order valence-electron chi connectivity index (χ0n) is 18.1. The molecule has 3 aromatic rings. The number of amides is 1. The van der Waals surface area contributed by atoms with Crippen molar-refractivity contribution in [3.63, 3.8) is 0 Å². The molecular weight excluding hydrogens is 410 g/mol. The number of imidazole rings is 1. The van der Waals surface area contributed by atoms with Gasteiger partial charge in [-0.3, -0.25) is 19.8 Å². The molecule has 0 unspecified atom stereocenters. The Kier molecular flexibility index (Phi) is 6.77. The zero-order valence-corrected chi connectivity index (χ0v) is 18.1. The molecule has 1 saturated heterocycles. The maximum absolute atomic E-state index is 12.6. The molecule has 32 heavy (non-hydrogen) atoms. The van der Waals surface area contributed by atoms with Gasteiger partial charge in [-0.05, 0) is 36.8 Å². The Morgan fingerprint density at radius 3 is 2.62 bits per heavy atom. The van der Waals surface area contributed by atoms with Crippen molar-refractivity contribution in [2.75, 3.05) is 31.6 Å². The summed E-state index contributed by atoms with van der Waals surface area (Å²) in [6, 6.07) is 11.3. The Morgan fingerprint density at radius 1 is 1.19 bits per heavy atom. The van der Waals surface area contributed by atoms with Crippen LogP contribution in [0.2, 0.25) is 0 Å². The first kappa shape index (κ1) is 21.9. The number of morpholine rings is 1. The van der Waals surface area contributed by atoms with Crippen LogP contribution >= 0.6 is 0 Å². The maximum atomic E-state index is 12.6. The fourth-order valence-corrected chi connectivity index (χ4v) is 3.84. The van der Waals surface area contributed by atoms with Gasteiger partial charge in [0.25, 0.3) is 11.6 Å². The van der Waals surface area contributed by atoms with Crippen LogP contribution in [0.4, 0.5) is 11.4 Å². The first-order chi connectivity index (χ1) is 15.5. The SMILES string of the molecule is CCCCn1c(CN2CCOCC2)nc2cc(NC(=O)c3ccc([N+](=O)[O-])cc3)ccc21. The maximum Gasteiger partial charge on any atom is 0.269 e. The van der Waals surface area contributed by atoms with E-state index in [1.165, 1.54) is 24.3 Å². The number of nitrogens with one attached hydrogen (secondary N) is 1. The van der Waals surface area contributed by atoms with E-state index < -0.39 is 4.92 Å². The van der Waals surface area contributed by atoms with Crippen LogP contribution in [0.5, 0.6) is 0 Å². The second-order valence-corrected chi connectivity index (χ2v) is 7.88. The molecule has 1 aromatic heterocycles. The Labute approximate surface area is 186 Å². The average Bonchev–Trinajstić information content (AvgIpc) is 3.14. The van der Waals surface area contributed by atoms with Crippen LogP contribution in [0.3, 0.4) is 0 Å². The number of nitrogens with zero attached hydrogens (tertiary/aromatic N) is 4. The van der Waals surface area contributed by atoms with Gasteiger partial charge in [-0.2, -0.15) is 0 Å². The first-order valence-corrected chi connectivity index (χ1v) is 10.9. The number of aryl methyl sites for hydroxylation is 1. The highest BCUT2D eigenvalue weighted by atomic mass is 16.6. The summed E-state index contributed by atoms with van der Waals surface area (Å²) in [6.07, 6.45) is 2.17. The molecule has 9 heteroatoms. The second-order valence-electron chi connectivity index (χ2n) is 7.88. The number of carbonyl (C=O) groups excluding carboxylic acids is 1. The summed E-state index contributed by atoms with van der Waals surface area (Å²) < 4.78 is 7.73. The fraction of sp³-hybridized carbons (Fsp3) is 0.391. The molecule has 1 N–H and O–H groups in total. The minimum atomic E-state index is -0.487. The number of hydrogen-bond donors (Lipinski definition) is 1. The molecule has 0 aliphatic carbocycles. The van der Waals surface area contributed by atoms with Gasteiger partial charge in [0.1, 0.15) is 5.82 Å². The molecule has 2 aromatic carbocycles. The van der Waals surface area contributed by atoms with E-state index in [2.05, 4.69) is 21.7 Å². The standard InChI is InChI=1S/C23H27N5O4/c1-2-3-10-27-21-9-6-18(24-23(29)17-4-7-19(8-5-17)28(30)31)15-20(21)25-22(27)16-26-11-13-32-14-12-26/h4-9,15H,2-3,10-14,16H2,1H3,(H,24,29). The van der Waals surface area contributed by atoms with Crippen molar-refractivity contribution in [2.24, 2.45) is 0 Å². The minimum Gasteiger partial charge on any atom is -0.379 e. The van der Waals surface area contributed by atoms with E-state index in [0.717, 1.165) is 69.1 Å². The van der Waals surface area contributed by atoms with Crippen molar-refractivity contribution in [3.8, 4) is 0 Å². The van der Waals surface area contributed by atoms with Crippen molar-refractivity contribution < 1.29 is 14.5 Å².